The van der Waals surface area contributed by atoms with Crippen molar-refractivity contribution in [1.29, 1.82) is 0 Å². The molecule has 3 rings (SSSR count). The second-order valence-corrected chi connectivity index (χ2v) is 6.43. The molecule has 0 radical (unpaired) electrons. The Morgan fingerprint density at radius 3 is 2.24 bits per heavy atom. The Kier molecular flexibility index (Phi) is 4.95. The summed E-state index contributed by atoms with van der Waals surface area (Å²) in [4.78, 5) is 12.5. The fraction of sp³-hybridized carbons (Fsp3) is 0.190. The first kappa shape index (κ1) is 17.3. The number of nitrogens with zero attached hydrogens (tertiary/aromatic N) is 1. The first-order valence-corrected chi connectivity index (χ1v) is 8.48. The lowest BCUT2D eigenvalue weighted by atomic mass is 10.0. The lowest BCUT2D eigenvalue weighted by Gasteiger charge is -2.10. The maximum Gasteiger partial charge on any atom is 0.340 e. The maximum absolute atomic E-state index is 12.5. The van der Waals surface area contributed by atoms with E-state index in [1.165, 1.54) is 12.7 Å². The average molecular weight is 354 g/mol. The van der Waals surface area contributed by atoms with Crippen molar-refractivity contribution in [3.63, 3.8) is 0 Å². The molecule has 4 heteroatoms. The van der Waals surface area contributed by atoms with Crippen LogP contribution in [0.5, 0.6) is 0 Å². The summed E-state index contributed by atoms with van der Waals surface area (Å²) in [6, 6.07) is 17.7. The highest BCUT2D eigenvalue weighted by molar-refractivity contribution is 6.30. The van der Waals surface area contributed by atoms with Gasteiger partial charge in [0.15, 0.2) is 0 Å². The van der Waals surface area contributed by atoms with Crippen LogP contribution >= 0.6 is 11.6 Å². The van der Waals surface area contributed by atoms with Crippen LogP contribution in [0.2, 0.25) is 5.02 Å². The van der Waals surface area contributed by atoms with Crippen LogP contribution in [0, 0.1) is 13.8 Å². The van der Waals surface area contributed by atoms with E-state index in [1.54, 1.807) is 0 Å². The smallest absolute Gasteiger partial charge is 0.340 e. The largest absolute Gasteiger partial charge is 0.465 e. The van der Waals surface area contributed by atoms with Crippen LogP contribution in [0.15, 0.2) is 54.6 Å². The number of methoxy groups -OCH3 is 1. The first-order chi connectivity index (χ1) is 12.0. The molecule has 0 bridgehead atoms. The topological polar surface area (TPSA) is 31.2 Å². The number of halogens is 1. The second-order valence-electron chi connectivity index (χ2n) is 5.99. The van der Waals surface area contributed by atoms with Crippen LogP contribution < -0.4 is 0 Å². The van der Waals surface area contributed by atoms with Gasteiger partial charge in [0.2, 0.25) is 0 Å². The number of benzene rings is 2. The fourth-order valence-electron chi connectivity index (χ4n) is 3.21. The average Bonchev–Trinajstić information content (AvgIpc) is 2.87. The minimum absolute atomic E-state index is 0.322. The zero-order valence-electron chi connectivity index (χ0n) is 14.5. The fourth-order valence-corrected chi connectivity index (χ4v) is 3.33. The molecule has 128 valence electrons. The summed E-state index contributed by atoms with van der Waals surface area (Å²) in [7, 11) is 1.41. The molecule has 0 aliphatic carbocycles. The molecule has 1 aromatic heterocycles. The Morgan fingerprint density at radius 2 is 1.64 bits per heavy atom. The van der Waals surface area contributed by atoms with Gasteiger partial charge in [-0.15, -0.1) is 0 Å². The van der Waals surface area contributed by atoms with Gasteiger partial charge in [-0.1, -0.05) is 54.1 Å². The summed E-state index contributed by atoms with van der Waals surface area (Å²) >= 11 is 6.02. The van der Waals surface area contributed by atoms with Crippen molar-refractivity contribution < 1.29 is 9.53 Å². The number of esters is 1. The molecule has 1 heterocycles. The van der Waals surface area contributed by atoms with Gasteiger partial charge in [-0.2, -0.15) is 0 Å². The Bertz CT molecular complexity index is 896. The van der Waals surface area contributed by atoms with E-state index >= 15 is 0 Å². The predicted octanol–water partition coefficient (Wildman–Crippen LogP) is 5.26. The highest BCUT2D eigenvalue weighted by Crippen LogP contribution is 2.34. The third-order valence-electron chi connectivity index (χ3n) is 4.49. The third-order valence-corrected chi connectivity index (χ3v) is 4.74. The molecule has 0 N–H and O–H groups in total. The Labute approximate surface area is 152 Å². The van der Waals surface area contributed by atoms with E-state index in [4.69, 9.17) is 16.3 Å². The minimum Gasteiger partial charge on any atom is -0.465 e. The van der Waals surface area contributed by atoms with Crippen LogP contribution in [-0.4, -0.2) is 17.6 Å². The van der Waals surface area contributed by atoms with Crippen molar-refractivity contribution in [2.45, 2.75) is 20.4 Å². The molecule has 2 aromatic carbocycles. The van der Waals surface area contributed by atoms with Gasteiger partial charge < -0.3 is 9.30 Å². The molecule has 3 nitrogen and oxygen atoms in total. The van der Waals surface area contributed by atoms with Crippen molar-refractivity contribution >= 4 is 17.6 Å². The lowest BCUT2D eigenvalue weighted by molar-refractivity contribution is 0.0600. The first-order valence-electron chi connectivity index (χ1n) is 8.10. The van der Waals surface area contributed by atoms with Crippen LogP contribution in [0.1, 0.15) is 27.3 Å². The third kappa shape index (κ3) is 3.33. The summed E-state index contributed by atoms with van der Waals surface area (Å²) in [6.45, 7) is 4.70. The number of hydrogen-bond acceptors (Lipinski definition) is 2. The van der Waals surface area contributed by atoms with Gasteiger partial charge in [-0.3, -0.25) is 0 Å². The number of carbonyl (C=O) groups excluding carboxylic acids is 1. The highest BCUT2D eigenvalue weighted by atomic mass is 35.5. The molecule has 0 atom stereocenters. The van der Waals surface area contributed by atoms with E-state index in [9.17, 15) is 4.79 Å². The van der Waals surface area contributed by atoms with Crippen molar-refractivity contribution in [2.24, 2.45) is 0 Å². The van der Waals surface area contributed by atoms with Crippen LogP contribution in [0.3, 0.4) is 0 Å². The molecule has 0 fully saturated rings. The molecule has 0 saturated heterocycles. The van der Waals surface area contributed by atoms with E-state index in [2.05, 4.69) is 16.7 Å². The van der Waals surface area contributed by atoms with Gasteiger partial charge in [0.1, 0.15) is 0 Å². The molecule has 0 saturated carbocycles. The molecule has 0 spiro atoms. The van der Waals surface area contributed by atoms with E-state index in [0.717, 1.165) is 22.5 Å². The van der Waals surface area contributed by atoms with Crippen molar-refractivity contribution in [1.82, 2.24) is 4.57 Å². The number of ether oxygens (including phenoxy) is 1. The lowest BCUT2D eigenvalue weighted by Crippen LogP contribution is -2.07. The Morgan fingerprint density at radius 1 is 1.00 bits per heavy atom. The van der Waals surface area contributed by atoms with Gasteiger partial charge >= 0.3 is 5.97 Å². The molecule has 3 aromatic rings. The van der Waals surface area contributed by atoms with Gasteiger partial charge in [0.05, 0.1) is 12.7 Å². The number of aromatic nitrogens is 1. The summed E-state index contributed by atoms with van der Waals surface area (Å²) in [5.41, 5.74) is 5.58. The second kappa shape index (κ2) is 7.16. The zero-order valence-corrected chi connectivity index (χ0v) is 15.3. The van der Waals surface area contributed by atoms with E-state index < -0.39 is 0 Å². The molecule has 0 unspecified atom stereocenters. The number of hydrogen-bond donors (Lipinski definition) is 0. The van der Waals surface area contributed by atoms with Crippen LogP contribution in [0.4, 0.5) is 0 Å². The standard InChI is InChI=1S/C21H20ClNO2/c1-14-19(17-9-11-18(22)12-10-17)20(21(24)25-3)15(2)23(14)13-16-7-5-4-6-8-16/h4-12H,13H2,1-3H3. The SMILES string of the molecule is COC(=O)c1c(-c2ccc(Cl)cc2)c(C)n(Cc2ccccc2)c1C. The summed E-state index contributed by atoms with van der Waals surface area (Å²) in [5.74, 6) is -0.322. The Hall–Kier alpha value is -2.52. The summed E-state index contributed by atoms with van der Waals surface area (Å²) in [5, 5.41) is 0.668. The van der Waals surface area contributed by atoms with Crippen molar-refractivity contribution in [3.05, 3.63) is 82.1 Å². The monoisotopic (exact) mass is 353 g/mol. The zero-order chi connectivity index (χ0) is 18.0. The van der Waals surface area contributed by atoms with E-state index in [1.807, 2.05) is 56.3 Å². The number of rotatable bonds is 4. The molecule has 0 aliphatic heterocycles. The summed E-state index contributed by atoms with van der Waals surface area (Å²) < 4.78 is 7.20. The van der Waals surface area contributed by atoms with Crippen molar-refractivity contribution in [3.8, 4) is 11.1 Å². The van der Waals surface area contributed by atoms with Crippen molar-refractivity contribution in [2.75, 3.05) is 7.11 Å². The maximum atomic E-state index is 12.5. The summed E-state index contributed by atoms with van der Waals surface area (Å²) in [6.07, 6.45) is 0. The van der Waals surface area contributed by atoms with Gasteiger partial charge in [-0.25, -0.2) is 4.79 Å². The molecule has 0 aliphatic rings. The molecular weight excluding hydrogens is 334 g/mol. The van der Waals surface area contributed by atoms with E-state index in [0.29, 0.717) is 17.1 Å². The van der Waals surface area contributed by atoms with Gasteiger partial charge in [0.25, 0.3) is 0 Å². The van der Waals surface area contributed by atoms with Gasteiger partial charge in [0, 0.05) is 28.5 Å². The van der Waals surface area contributed by atoms with Crippen LogP contribution in [-0.2, 0) is 11.3 Å². The minimum atomic E-state index is -0.322. The van der Waals surface area contributed by atoms with Gasteiger partial charge in [-0.05, 0) is 37.1 Å². The molecule has 25 heavy (non-hydrogen) atoms. The highest BCUT2D eigenvalue weighted by Gasteiger charge is 2.24. The predicted molar refractivity (Wildman–Crippen MR) is 101 cm³/mol. The molecule has 0 amide bonds. The molecular formula is C21H20ClNO2. The van der Waals surface area contributed by atoms with E-state index in [-0.39, 0.29) is 5.97 Å². The number of carbonyl (C=O) groups is 1. The normalized spacial score (nSPS) is 10.7. The quantitative estimate of drug-likeness (QED) is 0.599. The van der Waals surface area contributed by atoms with Crippen LogP contribution in [0.25, 0.3) is 11.1 Å². The Balaban J connectivity index is 2.17.